The van der Waals surface area contributed by atoms with Crippen molar-refractivity contribution in [3.63, 3.8) is 0 Å². The van der Waals surface area contributed by atoms with Crippen LogP contribution in [0.5, 0.6) is 23.0 Å². The molecule has 4 aromatic rings. The minimum Gasteiger partial charge on any atom is -0.457 e. The third-order valence-electron chi connectivity index (χ3n) is 8.10. The summed E-state index contributed by atoms with van der Waals surface area (Å²) >= 11 is 0. The molecule has 2 heterocycles. The summed E-state index contributed by atoms with van der Waals surface area (Å²) in [6.45, 7) is 1.90. The largest absolute Gasteiger partial charge is 0.457 e. The van der Waals surface area contributed by atoms with Crippen molar-refractivity contribution in [3.8, 4) is 23.0 Å². The standard InChI is InChI=1S/C37H24F6N2O6/c1-2-25(21-9-13-23(14-10-21)50-28-7-3-5-26(34(28)36(38,39)40)44-30(46)17-18-31(44)47)22-11-15-24(16-12-22)51-29-8-4-6-27(35(29)37(41,42)43)45-32(48)19-20-33(45)49/h3-20,25H,2H2,1H3. The van der Waals surface area contributed by atoms with Crippen LogP contribution in [0, 0.1) is 0 Å². The Morgan fingerprint density at radius 2 is 0.863 bits per heavy atom. The van der Waals surface area contributed by atoms with E-state index < -0.39 is 70.0 Å². The Balaban J connectivity index is 1.22. The number of ether oxygens (including phenoxy) is 2. The van der Waals surface area contributed by atoms with Gasteiger partial charge in [-0.25, -0.2) is 9.80 Å². The second-order valence-corrected chi connectivity index (χ2v) is 11.3. The molecule has 0 N–H and O–H groups in total. The van der Waals surface area contributed by atoms with Crippen LogP contribution < -0.4 is 19.3 Å². The lowest BCUT2D eigenvalue weighted by molar-refractivity contribution is -0.139. The lowest BCUT2D eigenvalue weighted by Crippen LogP contribution is -2.31. The van der Waals surface area contributed by atoms with Crippen LogP contribution in [-0.4, -0.2) is 23.6 Å². The normalized spacial score (nSPS) is 14.7. The minimum absolute atomic E-state index is 0.0491. The number of nitrogens with zero attached hydrogens (tertiary/aromatic N) is 2. The third-order valence-corrected chi connectivity index (χ3v) is 8.10. The van der Waals surface area contributed by atoms with E-state index in [0.29, 0.717) is 16.2 Å². The summed E-state index contributed by atoms with van der Waals surface area (Å²) in [4.78, 5) is 49.4. The number of hydrogen-bond donors (Lipinski definition) is 0. The Bertz CT molecular complexity index is 1920. The maximum Gasteiger partial charge on any atom is 0.422 e. The average Bonchev–Trinajstić information content (AvgIpc) is 3.59. The number of imide groups is 2. The highest BCUT2D eigenvalue weighted by Crippen LogP contribution is 2.46. The third kappa shape index (κ3) is 6.84. The van der Waals surface area contributed by atoms with E-state index in [0.717, 1.165) is 59.7 Å². The molecule has 4 aromatic carbocycles. The zero-order valence-electron chi connectivity index (χ0n) is 26.3. The van der Waals surface area contributed by atoms with Crippen molar-refractivity contribution in [2.75, 3.05) is 9.80 Å². The predicted octanol–water partition coefficient (Wildman–Crippen LogP) is 8.71. The average molecular weight is 707 g/mol. The van der Waals surface area contributed by atoms with Gasteiger partial charge in [-0.15, -0.1) is 0 Å². The highest BCUT2D eigenvalue weighted by atomic mass is 19.4. The molecule has 0 aliphatic carbocycles. The van der Waals surface area contributed by atoms with Gasteiger partial charge in [0, 0.05) is 30.2 Å². The van der Waals surface area contributed by atoms with Crippen LogP contribution in [0.2, 0.25) is 0 Å². The molecule has 14 heteroatoms. The first-order valence-electron chi connectivity index (χ1n) is 15.3. The van der Waals surface area contributed by atoms with Gasteiger partial charge in [-0.05, 0) is 66.1 Å². The molecule has 0 saturated heterocycles. The highest BCUT2D eigenvalue weighted by molar-refractivity contribution is 6.29. The van der Waals surface area contributed by atoms with Gasteiger partial charge in [0.25, 0.3) is 23.6 Å². The van der Waals surface area contributed by atoms with Crippen molar-refractivity contribution in [2.45, 2.75) is 31.6 Å². The summed E-state index contributed by atoms with van der Waals surface area (Å²) in [5.41, 5.74) is -2.40. The fourth-order valence-corrected chi connectivity index (χ4v) is 5.88. The predicted molar refractivity (Wildman–Crippen MR) is 171 cm³/mol. The Morgan fingerprint density at radius 1 is 0.529 bits per heavy atom. The van der Waals surface area contributed by atoms with Crippen LogP contribution in [0.1, 0.15) is 41.5 Å². The summed E-state index contributed by atoms with van der Waals surface area (Å²) in [6, 6.07) is 19.1. The Kier molecular flexibility index (Phi) is 9.02. The van der Waals surface area contributed by atoms with Gasteiger partial charge >= 0.3 is 12.4 Å². The molecule has 0 aromatic heterocycles. The first-order valence-corrected chi connectivity index (χ1v) is 15.3. The molecule has 0 unspecified atom stereocenters. The van der Waals surface area contributed by atoms with E-state index in [1.807, 2.05) is 6.92 Å². The molecule has 0 bridgehead atoms. The fourth-order valence-electron chi connectivity index (χ4n) is 5.88. The fraction of sp³-hybridized carbons (Fsp3) is 0.135. The van der Waals surface area contributed by atoms with E-state index >= 15 is 0 Å². The topological polar surface area (TPSA) is 93.2 Å². The van der Waals surface area contributed by atoms with Crippen LogP contribution in [-0.2, 0) is 31.5 Å². The second-order valence-electron chi connectivity index (χ2n) is 11.3. The van der Waals surface area contributed by atoms with Gasteiger partial charge in [0.15, 0.2) is 0 Å². The van der Waals surface area contributed by atoms with Crippen LogP contribution in [0.25, 0.3) is 0 Å². The van der Waals surface area contributed by atoms with Crippen molar-refractivity contribution in [2.24, 2.45) is 0 Å². The first-order chi connectivity index (χ1) is 24.2. The van der Waals surface area contributed by atoms with E-state index in [2.05, 4.69) is 0 Å². The smallest absolute Gasteiger partial charge is 0.422 e. The van der Waals surface area contributed by atoms with Gasteiger partial charge in [-0.2, -0.15) is 26.3 Å². The van der Waals surface area contributed by atoms with Crippen LogP contribution >= 0.6 is 0 Å². The first kappa shape index (κ1) is 34.7. The van der Waals surface area contributed by atoms with E-state index in [9.17, 15) is 45.5 Å². The maximum absolute atomic E-state index is 14.2. The monoisotopic (exact) mass is 706 g/mol. The number of amides is 4. The van der Waals surface area contributed by atoms with Gasteiger partial charge in [-0.3, -0.25) is 19.2 Å². The molecule has 0 fully saturated rings. The molecule has 6 rings (SSSR count). The Morgan fingerprint density at radius 3 is 1.16 bits per heavy atom. The van der Waals surface area contributed by atoms with Crippen LogP contribution in [0.15, 0.2) is 109 Å². The molecular weight excluding hydrogens is 682 g/mol. The molecule has 2 aliphatic rings. The van der Waals surface area contributed by atoms with Gasteiger partial charge in [0.05, 0.1) is 11.4 Å². The lowest BCUT2D eigenvalue weighted by Gasteiger charge is -2.22. The van der Waals surface area contributed by atoms with Gasteiger partial charge in [-0.1, -0.05) is 43.3 Å². The summed E-state index contributed by atoms with van der Waals surface area (Å²) in [5, 5.41) is 0. The molecule has 0 saturated carbocycles. The van der Waals surface area contributed by atoms with Crippen LogP contribution in [0.4, 0.5) is 37.7 Å². The van der Waals surface area contributed by atoms with Crippen LogP contribution in [0.3, 0.4) is 0 Å². The molecule has 4 amide bonds. The summed E-state index contributed by atoms with van der Waals surface area (Å²) in [7, 11) is 0. The molecule has 51 heavy (non-hydrogen) atoms. The van der Waals surface area contributed by atoms with Crippen molar-refractivity contribution in [1.82, 2.24) is 0 Å². The van der Waals surface area contributed by atoms with Gasteiger partial charge in [0.2, 0.25) is 0 Å². The SMILES string of the molecule is CCC(c1ccc(Oc2cccc(N3C(=O)C=CC3=O)c2C(F)(F)F)cc1)c1ccc(Oc2cccc(N3C(=O)C=CC3=O)c2C(F)(F)F)cc1. The second kappa shape index (κ2) is 13.3. The van der Waals surface area contributed by atoms with Gasteiger partial charge in [0.1, 0.15) is 34.1 Å². The van der Waals surface area contributed by atoms with Crippen molar-refractivity contribution < 1.29 is 55.0 Å². The molecule has 0 spiro atoms. The quantitative estimate of drug-likeness (QED) is 0.128. The Hall–Kier alpha value is -6.18. The minimum atomic E-state index is -4.97. The number of hydrogen-bond acceptors (Lipinski definition) is 6. The number of rotatable bonds is 9. The van der Waals surface area contributed by atoms with E-state index in [1.165, 1.54) is 36.4 Å². The number of halogens is 6. The molecule has 2 aliphatic heterocycles. The number of carbonyl (C=O) groups excluding carboxylic acids is 4. The number of alkyl halides is 6. The zero-order chi connectivity index (χ0) is 36.7. The summed E-state index contributed by atoms with van der Waals surface area (Å²) in [6.07, 6.45) is -5.86. The van der Waals surface area contributed by atoms with Crippen molar-refractivity contribution >= 4 is 35.0 Å². The number of carbonyl (C=O) groups is 4. The molecular formula is C37H24F6N2O6. The molecule has 260 valence electrons. The van der Waals surface area contributed by atoms with E-state index in [4.69, 9.17) is 9.47 Å². The lowest BCUT2D eigenvalue weighted by atomic mass is 9.89. The van der Waals surface area contributed by atoms with E-state index in [-0.39, 0.29) is 17.4 Å². The number of benzene rings is 4. The van der Waals surface area contributed by atoms with E-state index in [1.54, 1.807) is 24.3 Å². The highest BCUT2D eigenvalue weighted by Gasteiger charge is 2.43. The number of anilines is 2. The Labute approximate surface area is 285 Å². The zero-order valence-corrected chi connectivity index (χ0v) is 26.3. The summed E-state index contributed by atoms with van der Waals surface area (Å²) in [5.74, 6) is -5.02. The van der Waals surface area contributed by atoms with Crippen molar-refractivity contribution in [1.29, 1.82) is 0 Å². The summed E-state index contributed by atoms with van der Waals surface area (Å²) < 4.78 is 96.5. The maximum atomic E-state index is 14.2. The van der Waals surface area contributed by atoms with Gasteiger partial charge < -0.3 is 9.47 Å². The molecule has 8 nitrogen and oxygen atoms in total. The van der Waals surface area contributed by atoms with Crippen molar-refractivity contribution in [3.05, 3.63) is 131 Å². The molecule has 0 atom stereocenters. The molecule has 0 radical (unpaired) electrons.